The molecule has 0 bridgehead atoms. The predicted molar refractivity (Wildman–Crippen MR) is 99.2 cm³/mol. The van der Waals surface area contributed by atoms with E-state index in [1.54, 1.807) is 0 Å². The van der Waals surface area contributed by atoms with Crippen LogP contribution in [0.4, 0.5) is 0 Å². The van der Waals surface area contributed by atoms with E-state index in [1.165, 1.54) is 45.8 Å². The molecule has 1 N–H and O–H groups in total. The number of sulfonamides is 1. The molecule has 0 spiro atoms. The number of carbonyl (C=O) groups excluding carboxylic acids is 2. The molecule has 1 amide bonds. The molecule has 0 atom stereocenters. The Bertz CT molecular complexity index is 785. The summed E-state index contributed by atoms with van der Waals surface area (Å²) >= 11 is 0. The molecule has 27 heavy (non-hydrogen) atoms. The lowest BCUT2D eigenvalue weighted by molar-refractivity contribution is -0.125. The van der Waals surface area contributed by atoms with Crippen molar-refractivity contribution in [2.24, 2.45) is 0 Å². The van der Waals surface area contributed by atoms with Crippen molar-refractivity contribution in [2.45, 2.75) is 43.0 Å². The van der Waals surface area contributed by atoms with Gasteiger partial charge in [0.25, 0.3) is 5.91 Å². The van der Waals surface area contributed by atoms with Crippen LogP contribution in [0.5, 0.6) is 5.75 Å². The van der Waals surface area contributed by atoms with E-state index in [4.69, 9.17) is 9.47 Å². The summed E-state index contributed by atoms with van der Waals surface area (Å²) in [6, 6.07) is 4.10. The van der Waals surface area contributed by atoms with Crippen LogP contribution in [0.3, 0.4) is 0 Å². The van der Waals surface area contributed by atoms with Gasteiger partial charge in [-0.3, -0.25) is 4.79 Å². The second kappa shape index (κ2) is 9.18. The lowest BCUT2D eigenvalue weighted by Crippen LogP contribution is -2.38. The molecule has 9 heteroatoms. The van der Waals surface area contributed by atoms with Crippen LogP contribution in [0.15, 0.2) is 23.1 Å². The maximum Gasteiger partial charge on any atom is 0.338 e. The van der Waals surface area contributed by atoms with Crippen LogP contribution in [0, 0.1) is 0 Å². The van der Waals surface area contributed by atoms with Gasteiger partial charge >= 0.3 is 5.97 Å². The Morgan fingerprint density at radius 3 is 2.44 bits per heavy atom. The standard InChI is InChI=1S/C18H26N2O6S/c1-20(2)27(23,24)16-11-13(9-10-15(16)25-3)18(22)26-12-17(21)19-14-7-5-4-6-8-14/h9-11,14H,4-8,12H2,1-3H3,(H,19,21). The third-order valence-corrected chi connectivity index (χ3v) is 6.30. The average molecular weight is 398 g/mol. The summed E-state index contributed by atoms with van der Waals surface area (Å²) in [5.74, 6) is -1.01. The average Bonchev–Trinajstić information content (AvgIpc) is 2.66. The fourth-order valence-electron chi connectivity index (χ4n) is 2.93. The Labute approximate surface area is 159 Å². The van der Waals surface area contributed by atoms with E-state index in [2.05, 4.69) is 5.32 Å². The molecule has 0 saturated heterocycles. The van der Waals surface area contributed by atoms with Gasteiger partial charge in [-0.15, -0.1) is 0 Å². The highest BCUT2D eigenvalue weighted by Gasteiger charge is 2.24. The minimum absolute atomic E-state index is 0.0293. The number of ether oxygens (including phenoxy) is 2. The summed E-state index contributed by atoms with van der Waals surface area (Å²) in [5.41, 5.74) is 0.0293. The predicted octanol–water partition coefficient (Wildman–Crippen LogP) is 1.55. The number of hydrogen-bond acceptors (Lipinski definition) is 6. The highest BCUT2D eigenvalue weighted by Crippen LogP contribution is 2.27. The third kappa shape index (κ3) is 5.43. The van der Waals surface area contributed by atoms with Gasteiger partial charge in [0.05, 0.1) is 12.7 Å². The van der Waals surface area contributed by atoms with E-state index in [-0.39, 0.29) is 28.2 Å². The van der Waals surface area contributed by atoms with Gasteiger partial charge in [0.2, 0.25) is 10.0 Å². The highest BCUT2D eigenvalue weighted by atomic mass is 32.2. The molecule has 0 aromatic heterocycles. The van der Waals surface area contributed by atoms with Crippen molar-refractivity contribution in [3.05, 3.63) is 23.8 Å². The highest BCUT2D eigenvalue weighted by molar-refractivity contribution is 7.89. The first-order valence-corrected chi connectivity index (χ1v) is 10.3. The molecule has 1 aromatic rings. The molecule has 0 heterocycles. The van der Waals surface area contributed by atoms with Gasteiger partial charge in [0.15, 0.2) is 6.61 Å². The van der Waals surface area contributed by atoms with Crippen LogP contribution in [-0.2, 0) is 19.6 Å². The van der Waals surface area contributed by atoms with Crippen molar-refractivity contribution in [1.82, 2.24) is 9.62 Å². The van der Waals surface area contributed by atoms with E-state index in [0.29, 0.717) is 0 Å². The Morgan fingerprint density at radius 1 is 1.19 bits per heavy atom. The lowest BCUT2D eigenvalue weighted by Gasteiger charge is -2.22. The number of nitrogens with one attached hydrogen (secondary N) is 1. The molecular weight excluding hydrogens is 372 g/mol. The molecule has 1 aliphatic carbocycles. The summed E-state index contributed by atoms with van der Waals surface area (Å²) in [7, 11) is 0.309. The fraction of sp³-hybridized carbons (Fsp3) is 0.556. The molecule has 2 rings (SSSR count). The van der Waals surface area contributed by atoms with E-state index >= 15 is 0 Å². The molecule has 1 aliphatic rings. The molecule has 1 aromatic carbocycles. The molecular formula is C18H26N2O6S. The van der Waals surface area contributed by atoms with Crippen LogP contribution < -0.4 is 10.1 Å². The molecule has 1 fully saturated rings. The number of carbonyl (C=O) groups is 2. The fourth-order valence-corrected chi connectivity index (χ4v) is 4.01. The number of methoxy groups -OCH3 is 1. The first-order valence-electron chi connectivity index (χ1n) is 8.82. The molecule has 150 valence electrons. The lowest BCUT2D eigenvalue weighted by atomic mass is 9.95. The van der Waals surface area contributed by atoms with Crippen molar-refractivity contribution in [2.75, 3.05) is 27.8 Å². The quantitative estimate of drug-likeness (QED) is 0.699. The van der Waals surface area contributed by atoms with Gasteiger partial charge in [-0.05, 0) is 31.0 Å². The number of rotatable bonds is 7. The number of hydrogen-bond donors (Lipinski definition) is 1. The molecule has 0 radical (unpaired) electrons. The van der Waals surface area contributed by atoms with Gasteiger partial charge in [-0.2, -0.15) is 0 Å². The molecule has 0 aliphatic heterocycles. The van der Waals surface area contributed by atoms with E-state index in [1.807, 2.05) is 0 Å². The smallest absolute Gasteiger partial charge is 0.338 e. The Hall–Kier alpha value is -2.13. The second-order valence-corrected chi connectivity index (χ2v) is 8.75. The van der Waals surface area contributed by atoms with Crippen molar-refractivity contribution in [1.29, 1.82) is 0 Å². The number of nitrogens with zero attached hydrogens (tertiary/aromatic N) is 1. The van der Waals surface area contributed by atoms with Gasteiger partial charge in [-0.25, -0.2) is 17.5 Å². The van der Waals surface area contributed by atoms with Crippen LogP contribution in [0.2, 0.25) is 0 Å². The Kier molecular flexibility index (Phi) is 7.20. The van der Waals surface area contributed by atoms with Gasteiger partial charge in [0, 0.05) is 20.1 Å². The van der Waals surface area contributed by atoms with Gasteiger partial charge in [-0.1, -0.05) is 19.3 Å². The molecule has 8 nitrogen and oxygen atoms in total. The van der Waals surface area contributed by atoms with Crippen molar-refractivity contribution in [3.63, 3.8) is 0 Å². The zero-order chi connectivity index (χ0) is 20.0. The van der Waals surface area contributed by atoms with Crippen LogP contribution in [-0.4, -0.2) is 58.5 Å². The maximum absolute atomic E-state index is 12.4. The summed E-state index contributed by atoms with van der Waals surface area (Å²) in [6.45, 7) is -0.406. The monoisotopic (exact) mass is 398 g/mol. The van der Waals surface area contributed by atoms with Crippen molar-refractivity contribution >= 4 is 21.9 Å². The zero-order valence-electron chi connectivity index (χ0n) is 15.9. The molecule has 0 unspecified atom stereocenters. The zero-order valence-corrected chi connectivity index (χ0v) is 16.7. The van der Waals surface area contributed by atoms with E-state index in [9.17, 15) is 18.0 Å². The van der Waals surface area contributed by atoms with Gasteiger partial charge < -0.3 is 14.8 Å². The van der Waals surface area contributed by atoms with Crippen molar-refractivity contribution < 1.29 is 27.5 Å². The maximum atomic E-state index is 12.4. The minimum Gasteiger partial charge on any atom is -0.495 e. The van der Waals surface area contributed by atoms with E-state index < -0.39 is 22.6 Å². The third-order valence-electron chi connectivity index (χ3n) is 4.46. The van der Waals surface area contributed by atoms with Crippen LogP contribution >= 0.6 is 0 Å². The molecule has 1 saturated carbocycles. The Balaban J connectivity index is 2.04. The largest absolute Gasteiger partial charge is 0.495 e. The first kappa shape index (κ1) is 21.2. The summed E-state index contributed by atoms with van der Waals surface area (Å²) in [5, 5.41) is 2.86. The Morgan fingerprint density at radius 2 is 1.85 bits per heavy atom. The summed E-state index contributed by atoms with van der Waals surface area (Å²) in [4.78, 5) is 24.0. The minimum atomic E-state index is -3.80. The first-order chi connectivity index (χ1) is 12.8. The van der Waals surface area contributed by atoms with Crippen LogP contribution in [0.25, 0.3) is 0 Å². The van der Waals surface area contributed by atoms with Gasteiger partial charge in [0.1, 0.15) is 10.6 Å². The number of benzene rings is 1. The topological polar surface area (TPSA) is 102 Å². The SMILES string of the molecule is COc1ccc(C(=O)OCC(=O)NC2CCCCC2)cc1S(=O)(=O)N(C)C. The summed E-state index contributed by atoms with van der Waals surface area (Å²) in [6.07, 6.45) is 5.21. The summed E-state index contributed by atoms with van der Waals surface area (Å²) < 4.78 is 35.9. The van der Waals surface area contributed by atoms with Crippen molar-refractivity contribution in [3.8, 4) is 5.75 Å². The number of amides is 1. The van der Waals surface area contributed by atoms with Crippen LogP contribution in [0.1, 0.15) is 42.5 Å². The second-order valence-electron chi connectivity index (χ2n) is 6.63. The normalized spacial score (nSPS) is 15.4. The van der Waals surface area contributed by atoms with E-state index in [0.717, 1.165) is 30.0 Å². The number of esters is 1.